The minimum absolute atomic E-state index is 0.0562. The molecule has 3 rings (SSSR count). The van der Waals surface area contributed by atoms with Gasteiger partial charge >= 0.3 is 5.97 Å². The van der Waals surface area contributed by atoms with Crippen LogP contribution in [-0.4, -0.2) is 11.9 Å². The van der Waals surface area contributed by atoms with Crippen molar-refractivity contribution >= 4 is 40.8 Å². The number of benzene rings is 2. The molecular formula is C20H15Cl2NO4. The third kappa shape index (κ3) is 4.51. The van der Waals surface area contributed by atoms with E-state index in [1.54, 1.807) is 48.5 Å². The predicted molar refractivity (Wildman–Crippen MR) is 103 cm³/mol. The van der Waals surface area contributed by atoms with Gasteiger partial charge in [-0.3, -0.25) is 4.79 Å². The number of halogens is 2. The number of hydrogen-bond donors (Lipinski definition) is 1. The molecule has 0 radical (unpaired) electrons. The van der Waals surface area contributed by atoms with Crippen molar-refractivity contribution in [3.8, 4) is 0 Å². The number of aryl methyl sites for hydroxylation is 1. The highest BCUT2D eigenvalue weighted by Crippen LogP contribution is 2.25. The predicted octanol–water partition coefficient (Wildman–Crippen LogP) is 5.50. The summed E-state index contributed by atoms with van der Waals surface area (Å²) in [6.07, 6.45) is 1.41. The fourth-order valence-electron chi connectivity index (χ4n) is 2.37. The van der Waals surface area contributed by atoms with E-state index in [1.807, 2.05) is 6.92 Å². The van der Waals surface area contributed by atoms with Crippen LogP contribution in [0, 0.1) is 6.92 Å². The number of esters is 1. The van der Waals surface area contributed by atoms with E-state index in [4.69, 9.17) is 32.4 Å². The first-order valence-corrected chi connectivity index (χ1v) is 8.77. The van der Waals surface area contributed by atoms with Crippen LogP contribution >= 0.6 is 23.2 Å². The van der Waals surface area contributed by atoms with Crippen molar-refractivity contribution in [2.24, 2.45) is 0 Å². The Labute approximate surface area is 165 Å². The summed E-state index contributed by atoms with van der Waals surface area (Å²) >= 11 is 12.2. The van der Waals surface area contributed by atoms with E-state index in [0.717, 1.165) is 5.56 Å². The van der Waals surface area contributed by atoms with Crippen LogP contribution in [-0.2, 0) is 11.3 Å². The minimum Gasteiger partial charge on any atom is -0.459 e. The topological polar surface area (TPSA) is 68.5 Å². The van der Waals surface area contributed by atoms with Crippen LogP contribution in [0.3, 0.4) is 0 Å². The molecular weight excluding hydrogens is 389 g/mol. The molecule has 0 aliphatic carbocycles. The summed E-state index contributed by atoms with van der Waals surface area (Å²) in [4.78, 5) is 24.5. The van der Waals surface area contributed by atoms with Crippen LogP contribution in [0.15, 0.2) is 59.2 Å². The number of carbonyl (C=O) groups excluding carboxylic acids is 2. The van der Waals surface area contributed by atoms with E-state index in [9.17, 15) is 9.59 Å². The standard InChI is InChI=1S/C20H15Cl2NO4/c1-12-7-8-13(10-17(12)23-19(24)18-6-3-9-26-18)20(25)27-11-14-15(21)4-2-5-16(14)22/h2-10H,11H2,1H3,(H,23,24). The van der Waals surface area contributed by atoms with Gasteiger partial charge in [-0.25, -0.2) is 4.79 Å². The number of rotatable bonds is 5. The molecule has 0 spiro atoms. The lowest BCUT2D eigenvalue weighted by molar-refractivity contribution is 0.0473. The quantitative estimate of drug-likeness (QED) is 0.570. The Bertz CT molecular complexity index is 963. The van der Waals surface area contributed by atoms with Gasteiger partial charge in [0.15, 0.2) is 5.76 Å². The zero-order valence-electron chi connectivity index (χ0n) is 14.3. The molecule has 1 N–H and O–H groups in total. The zero-order valence-corrected chi connectivity index (χ0v) is 15.8. The second-order valence-electron chi connectivity index (χ2n) is 5.74. The maximum atomic E-state index is 12.4. The molecule has 27 heavy (non-hydrogen) atoms. The monoisotopic (exact) mass is 403 g/mol. The van der Waals surface area contributed by atoms with Crippen LogP contribution < -0.4 is 5.32 Å². The third-order valence-corrected chi connectivity index (χ3v) is 4.58. The summed E-state index contributed by atoms with van der Waals surface area (Å²) in [7, 11) is 0. The molecule has 1 amide bonds. The summed E-state index contributed by atoms with van der Waals surface area (Å²) in [5.41, 5.74) is 2.10. The normalized spacial score (nSPS) is 10.5. The fourth-order valence-corrected chi connectivity index (χ4v) is 2.87. The summed E-state index contributed by atoms with van der Waals surface area (Å²) in [6, 6.07) is 13.1. The molecule has 1 heterocycles. The molecule has 0 aliphatic heterocycles. The smallest absolute Gasteiger partial charge is 0.338 e. The highest BCUT2D eigenvalue weighted by Gasteiger charge is 2.15. The molecule has 0 saturated carbocycles. The van der Waals surface area contributed by atoms with Crippen LogP contribution in [0.5, 0.6) is 0 Å². The lowest BCUT2D eigenvalue weighted by Crippen LogP contribution is -2.13. The van der Waals surface area contributed by atoms with Crippen molar-refractivity contribution in [1.29, 1.82) is 0 Å². The van der Waals surface area contributed by atoms with Gasteiger partial charge in [0.2, 0.25) is 0 Å². The maximum absolute atomic E-state index is 12.4. The highest BCUT2D eigenvalue weighted by atomic mass is 35.5. The first-order valence-electron chi connectivity index (χ1n) is 8.01. The molecule has 0 aliphatic rings. The van der Waals surface area contributed by atoms with Gasteiger partial charge in [0.05, 0.1) is 11.8 Å². The van der Waals surface area contributed by atoms with E-state index >= 15 is 0 Å². The second kappa shape index (κ2) is 8.29. The maximum Gasteiger partial charge on any atom is 0.338 e. The Hall–Kier alpha value is -2.76. The number of nitrogens with one attached hydrogen (secondary N) is 1. The van der Waals surface area contributed by atoms with E-state index in [2.05, 4.69) is 5.32 Å². The Morgan fingerprint density at radius 3 is 2.48 bits per heavy atom. The van der Waals surface area contributed by atoms with Gasteiger partial charge in [0.1, 0.15) is 6.61 Å². The summed E-state index contributed by atoms with van der Waals surface area (Å²) in [5, 5.41) is 3.56. The molecule has 0 saturated heterocycles. The minimum atomic E-state index is -0.556. The fraction of sp³-hybridized carbons (Fsp3) is 0.100. The first-order chi connectivity index (χ1) is 13.0. The lowest BCUT2D eigenvalue weighted by atomic mass is 10.1. The summed E-state index contributed by atoms with van der Waals surface area (Å²) < 4.78 is 10.4. The van der Waals surface area contributed by atoms with Crippen LogP contribution in [0.4, 0.5) is 5.69 Å². The summed E-state index contributed by atoms with van der Waals surface area (Å²) in [5.74, 6) is -0.785. The number of anilines is 1. The lowest BCUT2D eigenvalue weighted by Gasteiger charge is -2.11. The van der Waals surface area contributed by atoms with E-state index < -0.39 is 11.9 Å². The number of amides is 1. The van der Waals surface area contributed by atoms with Crippen molar-refractivity contribution in [3.05, 3.63) is 87.3 Å². The number of carbonyl (C=O) groups is 2. The largest absolute Gasteiger partial charge is 0.459 e. The Kier molecular flexibility index (Phi) is 5.84. The first kappa shape index (κ1) is 19.0. The summed E-state index contributed by atoms with van der Waals surface area (Å²) in [6.45, 7) is 1.76. The third-order valence-electron chi connectivity index (χ3n) is 3.88. The molecule has 3 aromatic rings. The number of furan rings is 1. The van der Waals surface area contributed by atoms with Crippen LogP contribution in [0.2, 0.25) is 10.0 Å². The average molecular weight is 404 g/mol. The molecule has 1 aromatic heterocycles. The SMILES string of the molecule is Cc1ccc(C(=O)OCc2c(Cl)cccc2Cl)cc1NC(=O)c1ccco1. The van der Waals surface area contributed by atoms with Gasteiger partial charge in [-0.1, -0.05) is 35.3 Å². The molecule has 0 fully saturated rings. The van der Waals surface area contributed by atoms with Crippen LogP contribution in [0.25, 0.3) is 0 Å². The molecule has 0 bridgehead atoms. The molecule has 138 valence electrons. The zero-order chi connectivity index (χ0) is 19.4. The van der Waals surface area contributed by atoms with Gasteiger partial charge in [0.25, 0.3) is 5.91 Å². The molecule has 0 atom stereocenters. The van der Waals surface area contributed by atoms with Crippen molar-refractivity contribution < 1.29 is 18.7 Å². The van der Waals surface area contributed by atoms with Gasteiger partial charge in [-0.05, 0) is 48.9 Å². The Balaban J connectivity index is 1.73. The number of hydrogen-bond acceptors (Lipinski definition) is 4. The van der Waals surface area contributed by atoms with Crippen LogP contribution in [0.1, 0.15) is 32.0 Å². The van der Waals surface area contributed by atoms with Gasteiger partial charge in [-0.15, -0.1) is 0 Å². The Morgan fingerprint density at radius 2 is 1.81 bits per heavy atom. The van der Waals surface area contributed by atoms with Crippen molar-refractivity contribution in [3.63, 3.8) is 0 Å². The van der Waals surface area contributed by atoms with Crippen molar-refractivity contribution in [1.82, 2.24) is 0 Å². The average Bonchev–Trinajstić information content (AvgIpc) is 3.18. The molecule has 0 unspecified atom stereocenters. The number of ether oxygens (including phenoxy) is 1. The second-order valence-corrected chi connectivity index (χ2v) is 6.55. The van der Waals surface area contributed by atoms with Crippen molar-refractivity contribution in [2.75, 3.05) is 5.32 Å². The van der Waals surface area contributed by atoms with E-state index in [-0.39, 0.29) is 12.4 Å². The van der Waals surface area contributed by atoms with E-state index in [0.29, 0.717) is 26.9 Å². The van der Waals surface area contributed by atoms with Gasteiger partial charge in [-0.2, -0.15) is 0 Å². The Morgan fingerprint density at radius 1 is 1.07 bits per heavy atom. The molecule has 2 aromatic carbocycles. The highest BCUT2D eigenvalue weighted by molar-refractivity contribution is 6.35. The van der Waals surface area contributed by atoms with Crippen molar-refractivity contribution in [2.45, 2.75) is 13.5 Å². The van der Waals surface area contributed by atoms with E-state index in [1.165, 1.54) is 6.26 Å². The van der Waals surface area contributed by atoms with Gasteiger partial charge < -0.3 is 14.5 Å². The molecule has 7 heteroatoms. The van der Waals surface area contributed by atoms with Gasteiger partial charge in [0, 0.05) is 21.3 Å². The molecule has 5 nitrogen and oxygen atoms in total.